The van der Waals surface area contributed by atoms with Crippen LogP contribution in [0.25, 0.3) is 16.8 Å². The molecule has 3 nitrogen and oxygen atoms in total. The van der Waals surface area contributed by atoms with E-state index in [0.717, 1.165) is 41.6 Å². The zero-order valence-electron chi connectivity index (χ0n) is 14.5. The van der Waals surface area contributed by atoms with Gasteiger partial charge < -0.3 is 4.57 Å². The fourth-order valence-electron chi connectivity index (χ4n) is 2.86. The number of hydrogen-bond donors (Lipinski definition) is 0. The molecule has 0 saturated heterocycles. The second-order valence-electron chi connectivity index (χ2n) is 6.13. The summed E-state index contributed by atoms with van der Waals surface area (Å²) in [5.41, 5.74) is 1.43. The van der Waals surface area contributed by atoms with Gasteiger partial charge in [-0.2, -0.15) is 0 Å². The van der Waals surface area contributed by atoms with E-state index in [9.17, 15) is 4.79 Å². The highest BCUT2D eigenvalue weighted by molar-refractivity contribution is 6.31. The number of nitrogens with zero attached hydrogens (tertiary/aromatic N) is 2. The molecule has 0 fully saturated rings. The summed E-state index contributed by atoms with van der Waals surface area (Å²) in [7, 11) is 1.93. The maximum atomic E-state index is 12.5. The molecule has 0 unspecified atom stereocenters. The van der Waals surface area contributed by atoms with Crippen LogP contribution in [0.3, 0.4) is 0 Å². The molecule has 0 aliphatic heterocycles. The maximum Gasteiger partial charge on any atom is 0.185 e. The molecule has 3 rings (SSSR count). The highest BCUT2D eigenvalue weighted by Gasteiger charge is 2.11. The maximum absolute atomic E-state index is 12.5. The van der Waals surface area contributed by atoms with Gasteiger partial charge in [0.25, 0.3) is 0 Å². The molecular weight excluding hydrogens is 332 g/mol. The Morgan fingerprint density at radius 1 is 1.20 bits per heavy atom. The van der Waals surface area contributed by atoms with E-state index >= 15 is 0 Å². The Bertz CT molecular complexity index is 940. The minimum atomic E-state index is -0.0434. The number of carbonyl (C=O) groups excluding carboxylic acids is 1. The molecule has 0 N–H and O–H groups in total. The average molecular weight is 353 g/mol. The molecule has 1 heterocycles. The van der Waals surface area contributed by atoms with Crippen molar-refractivity contribution in [3.05, 3.63) is 70.8 Å². The molecule has 0 atom stereocenters. The summed E-state index contributed by atoms with van der Waals surface area (Å²) in [6, 6.07) is 13.7. The first-order valence-corrected chi connectivity index (χ1v) is 8.90. The lowest BCUT2D eigenvalue weighted by molar-refractivity contribution is 0.104. The molecule has 0 spiro atoms. The van der Waals surface area contributed by atoms with Crippen LogP contribution in [0.15, 0.2) is 48.5 Å². The SMILES string of the molecule is CCCCc1nc(Cl)c(/C=C/C(=O)c2ccc3ccccc3c2)n1C. The Kier molecular flexibility index (Phi) is 5.34. The quantitative estimate of drug-likeness (QED) is 0.435. The third kappa shape index (κ3) is 3.83. The number of rotatable bonds is 6. The first kappa shape index (κ1) is 17.4. The van der Waals surface area contributed by atoms with E-state index in [1.807, 2.05) is 54.1 Å². The largest absolute Gasteiger partial charge is 0.330 e. The zero-order valence-corrected chi connectivity index (χ0v) is 15.3. The predicted octanol–water partition coefficient (Wildman–Crippen LogP) is 5.47. The lowest BCUT2D eigenvalue weighted by Crippen LogP contribution is -2.00. The van der Waals surface area contributed by atoms with Crippen molar-refractivity contribution in [1.82, 2.24) is 9.55 Å². The van der Waals surface area contributed by atoms with Crippen molar-refractivity contribution >= 4 is 34.2 Å². The molecule has 1 aromatic heterocycles. The van der Waals surface area contributed by atoms with E-state index in [0.29, 0.717) is 10.7 Å². The summed E-state index contributed by atoms with van der Waals surface area (Å²) < 4.78 is 1.96. The first-order chi connectivity index (χ1) is 12.1. The minimum Gasteiger partial charge on any atom is -0.330 e. The first-order valence-electron chi connectivity index (χ1n) is 8.52. The Morgan fingerprint density at radius 3 is 2.72 bits per heavy atom. The van der Waals surface area contributed by atoms with E-state index in [4.69, 9.17) is 11.6 Å². The van der Waals surface area contributed by atoms with Crippen molar-refractivity contribution < 1.29 is 4.79 Å². The zero-order chi connectivity index (χ0) is 17.8. The number of carbonyl (C=O) groups is 1. The van der Waals surface area contributed by atoms with Gasteiger partial charge in [0.1, 0.15) is 5.82 Å². The number of aryl methyl sites for hydroxylation is 1. The molecule has 25 heavy (non-hydrogen) atoms. The fraction of sp³-hybridized carbons (Fsp3) is 0.238. The van der Waals surface area contributed by atoms with Crippen LogP contribution in [0.1, 0.15) is 41.6 Å². The van der Waals surface area contributed by atoms with E-state index in [1.165, 1.54) is 0 Å². The second kappa shape index (κ2) is 7.66. The Balaban J connectivity index is 1.83. The molecule has 0 aliphatic rings. The lowest BCUT2D eigenvalue weighted by atomic mass is 10.0. The monoisotopic (exact) mass is 352 g/mol. The van der Waals surface area contributed by atoms with E-state index < -0.39 is 0 Å². The molecule has 0 aliphatic carbocycles. The molecule has 0 amide bonds. The van der Waals surface area contributed by atoms with Gasteiger partial charge >= 0.3 is 0 Å². The van der Waals surface area contributed by atoms with Gasteiger partial charge in [-0.3, -0.25) is 4.79 Å². The summed E-state index contributed by atoms with van der Waals surface area (Å²) >= 11 is 6.24. The van der Waals surface area contributed by atoms with Crippen LogP contribution >= 0.6 is 11.6 Å². The Morgan fingerprint density at radius 2 is 1.96 bits per heavy atom. The topological polar surface area (TPSA) is 34.9 Å². The van der Waals surface area contributed by atoms with Crippen molar-refractivity contribution in [3.8, 4) is 0 Å². The highest BCUT2D eigenvalue weighted by Crippen LogP contribution is 2.20. The van der Waals surface area contributed by atoms with Crippen molar-refractivity contribution in [2.45, 2.75) is 26.2 Å². The number of unbranched alkanes of at least 4 members (excludes halogenated alkanes) is 1. The molecule has 128 valence electrons. The van der Waals surface area contributed by atoms with E-state index in [2.05, 4.69) is 11.9 Å². The smallest absolute Gasteiger partial charge is 0.185 e. The van der Waals surface area contributed by atoms with Crippen molar-refractivity contribution in [2.24, 2.45) is 7.05 Å². The van der Waals surface area contributed by atoms with Crippen LogP contribution in [0.2, 0.25) is 5.15 Å². The van der Waals surface area contributed by atoms with Gasteiger partial charge in [0.2, 0.25) is 0 Å². The van der Waals surface area contributed by atoms with Crippen LogP contribution < -0.4 is 0 Å². The summed E-state index contributed by atoms with van der Waals surface area (Å²) in [6.45, 7) is 2.15. The number of hydrogen-bond acceptors (Lipinski definition) is 2. The van der Waals surface area contributed by atoms with Gasteiger partial charge in [-0.25, -0.2) is 4.98 Å². The van der Waals surface area contributed by atoms with Crippen LogP contribution in [-0.4, -0.2) is 15.3 Å². The van der Waals surface area contributed by atoms with Crippen molar-refractivity contribution in [3.63, 3.8) is 0 Å². The molecule has 0 radical (unpaired) electrons. The predicted molar refractivity (Wildman–Crippen MR) is 104 cm³/mol. The molecule has 2 aromatic carbocycles. The van der Waals surface area contributed by atoms with Gasteiger partial charge in [-0.05, 0) is 35.4 Å². The third-order valence-electron chi connectivity index (χ3n) is 4.37. The summed E-state index contributed by atoms with van der Waals surface area (Å²) in [6.07, 6.45) is 6.38. The van der Waals surface area contributed by atoms with Gasteiger partial charge in [-0.15, -0.1) is 0 Å². The Hall–Kier alpha value is -2.39. The number of allylic oxidation sites excluding steroid dienone is 1. The van der Waals surface area contributed by atoms with Crippen molar-refractivity contribution in [1.29, 1.82) is 0 Å². The molecule has 4 heteroatoms. The summed E-state index contributed by atoms with van der Waals surface area (Å²) in [5.74, 6) is 0.905. The van der Waals surface area contributed by atoms with Gasteiger partial charge in [-0.1, -0.05) is 61.3 Å². The lowest BCUT2D eigenvalue weighted by Gasteiger charge is -2.03. The number of benzene rings is 2. The normalized spacial score (nSPS) is 11.5. The Labute approximate surface area is 153 Å². The number of halogens is 1. The highest BCUT2D eigenvalue weighted by atomic mass is 35.5. The molecule has 3 aromatic rings. The van der Waals surface area contributed by atoms with Crippen LogP contribution in [-0.2, 0) is 13.5 Å². The second-order valence-corrected chi connectivity index (χ2v) is 6.48. The van der Waals surface area contributed by atoms with Gasteiger partial charge in [0.15, 0.2) is 10.9 Å². The number of fused-ring (bicyclic) bond motifs is 1. The number of aromatic nitrogens is 2. The summed E-state index contributed by atoms with van der Waals surface area (Å²) in [4.78, 5) is 16.9. The molecule has 0 saturated carbocycles. The van der Waals surface area contributed by atoms with Crippen LogP contribution in [0, 0.1) is 0 Å². The average Bonchev–Trinajstić information content (AvgIpc) is 2.90. The third-order valence-corrected chi connectivity index (χ3v) is 4.65. The van der Waals surface area contributed by atoms with Crippen molar-refractivity contribution in [2.75, 3.05) is 0 Å². The van der Waals surface area contributed by atoms with Gasteiger partial charge in [0, 0.05) is 19.0 Å². The summed E-state index contributed by atoms with van der Waals surface area (Å²) in [5, 5.41) is 2.62. The minimum absolute atomic E-state index is 0.0434. The van der Waals surface area contributed by atoms with Crippen LogP contribution in [0.5, 0.6) is 0 Å². The van der Waals surface area contributed by atoms with Gasteiger partial charge in [0.05, 0.1) is 5.69 Å². The van der Waals surface area contributed by atoms with E-state index in [-0.39, 0.29) is 5.78 Å². The van der Waals surface area contributed by atoms with Crippen LogP contribution in [0.4, 0.5) is 0 Å². The fourth-order valence-corrected chi connectivity index (χ4v) is 3.14. The number of ketones is 1. The molecular formula is C21H21ClN2O. The van der Waals surface area contributed by atoms with E-state index in [1.54, 1.807) is 12.2 Å². The molecule has 0 bridgehead atoms. The number of imidazole rings is 1. The standard InChI is InChI=1S/C21H21ClN2O/c1-3-4-9-20-23-21(22)18(24(20)2)12-13-19(25)17-11-10-15-7-5-6-8-16(15)14-17/h5-8,10-14H,3-4,9H2,1-2H3/b13-12+.